The molecule has 1 aromatic rings. The van der Waals surface area contributed by atoms with Gasteiger partial charge in [-0.15, -0.1) is 6.58 Å². The van der Waals surface area contributed by atoms with Crippen molar-refractivity contribution in [3.05, 3.63) is 36.7 Å². The highest BCUT2D eigenvalue weighted by Gasteiger charge is 2.04. The van der Waals surface area contributed by atoms with Gasteiger partial charge in [-0.05, 0) is 25.5 Å². The number of aliphatic hydroxyl groups is 1. The first-order chi connectivity index (χ1) is 5.75. The van der Waals surface area contributed by atoms with Gasteiger partial charge < -0.3 is 9.67 Å². The summed E-state index contributed by atoms with van der Waals surface area (Å²) < 4.78 is 2.05. The Balaban J connectivity index is 2.70. The van der Waals surface area contributed by atoms with Crippen LogP contribution in [0.2, 0.25) is 0 Å². The molecule has 1 rings (SSSR count). The molecule has 0 saturated heterocycles. The number of hydrogen-bond acceptors (Lipinski definition) is 1. The topological polar surface area (TPSA) is 25.2 Å². The highest BCUT2D eigenvalue weighted by molar-refractivity contribution is 5.09. The molecule has 0 saturated carbocycles. The van der Waals surface area contributed by atoms with Gasteiger partial charge in [-0.2, -0.15) is 0 Å². The second-order valence-corrected chi connectivity index (χ2v) is 2.88. The van der Waals surface area contributed by atoms with Crippen molar-refractivity contribution >= 4 is 0 Å². The molecule has 0 spiro atoms. The van der Waals surface area contributed by atoms with Crippen molar-refractivity contribution < 1.29 is 5.11 Å². The second kappa shape index (κ2) is 4.12. The molecular weight excluding hydrogens is 150 g/mol. The number of hydrogen-bond donors (Lipinski definition) is 1. The van der Waals surface area contributed by atoms with Gasteiger partial charge in [-0.25, -0.2) is 0 Å². The van der Waals surface area contributed by atoms with Crippen LogP contribution in [0.3, 0.4) is 0 Å². The fourth-order valence-corrected chi connectivity index (χ4v) is 1.24. The van der Waals surface area contributed by atoms with Crippen LogP contribution in [0.4, 0.5) is 0 Å². The van der Waals surface area contributed by atoms with Crippen molar-refractivity contribution in [1.82, 2.24) is 4.57 Å². The van der Waals surface area contributed by atoms with E-state index in [0.29, 0.717) is 0 Å². The molecule has 2 heteroatoms. The summed E-state index contributed by atoms with van der Waals surface area (Å²) in [5, 5.41) is 9.35. The minimum Gasteiger partial charge on any atom is -0.387 e. The molecule has 1 aromatic heterocycles. The molecule has 0 amide bonds. The lowest BCUT2D eigenvalue weighted by atomic mass is 10.3. The third-order valence-electron chi connectivity index (χ3n) is 1.87. The van der Waals surface area contributed by atoms with E-state index in [-0.39, 0.29) is 6.10 Å². The highest BCUT2D eigenvalue weighted by Crippen LogP contribution is 2.12. The molecule has 1 atom stereocenters. The van der Waals surface area contributed by atoms with E-state index in [4.69, 9.17) is 0 Å². The Hall–Kier alpha value is -1.02. The maximum absolute atomic E-state index is 9.35. The monoisotopic (exact) mass is 165 g/mol. The summed E-state index contributed by atoms with van der Waals surface area (Å²) >= 11 is 0. The summed E-state index contributed by atoms with van der Waals surface area (Å²) in [5.41, 5.74) is 0.969. The Labute approximate surface area is 73.1 Å². The van der Waals surface area contributed by atoms with Crippen molar-refractivity contribution in [1.29, 1.82) is 0 Å². The van der Waals surface area contributed by atoms with Gasteiger partial charge in [0.15, 0.2) is 0 Å². The maximum Gasteiger partial charge on any atom is 0.0911 e. The zero-order chi connectivity index (χ0) is 8.97. The van der Waals surface area contributed by atoms with Gasteiger partial charge in [-0.3, -0.25) is 0 Å². The maximum atomic E-state index is 9.35. The average molecular weight is 165 g/mol. The number of rotatable bonds is 4. The Morgan fingerprint density at radius 1 is 1.75 bits per heavy atom. The van der Waals surface area contributed by atoms with Crippen molar-refractivity contribution in [2.75, 3.05) is 0 Å². The highest BCUT2D eigenvalue weighted by atomic mass is 16.3. The van der Waals surface area contributed by atoms with Crippen LogP contribution in [0, 0.1) is 0 Å². The zero-order valence-corrected chi connectivity index (χ0v) is 7.40. The largest absolute Gasteiger partial charge is 0.387 e. The van der Waals surface area contributed by atoms with E-state index in [0.717, 1.165) is 18.7 Å². The lowest BCUT2D eigenvalue weighted by Crippen LogP contribution is -2.03. The predicted molar refractivity (Wildman–Crippen MR) is 49.9 cm³/mol. The van der Waals surface area contributed by atoms with Crippen LogP contribution >= 0.6 is 0 Å². The molecule has 0 fully saturated rings. The molecular formula is C10H15NO. The van der Waals surface area contributed by atoms with E-state index in [1.165, 1.54) is 0 Å². The summed E-state index contributed by atoms with van der Waals surface area (Å²) in [6, 6.07) is 3.89. The Bertz CT molecular complexity index is 250. The summed E-state index contributed by atoms with van der Waals surface area (Å²) in [6.45, 7) is 6.34. The quantitative estimate of drug-likeness (QED) is 0.679. The van der Waals surface area contributed by atoms with Crippen LogP contribution in [0.1, 0.15) is 25.1 Å². The van der Waals surface area contributed by atoms with Gasteiger partial charge in [-0.1, -0.05) is 6.08 Å². The third-order valence-corrected chi connectivity index (χ3v) is 1.87. The average Bonchev–Trinajstić information content (AvgIpc) is 2.48. The minimum absolute atomic E-state index is 0.384. The summed E-state index contributed by atoms with van der Waals surface area (Å²) in [5.74, 6) is 0. The number of nitrogens with zero attached hydrogens (tertiary/aromatic N) is 1. The summed E-state index contributed by atoms with van der Waals surface area (Å²) in [7, 11) is 0. The lowest BCUT2D eigenvalue weighted by Gasteiger charge is -2.09. The van der Waals surface area contributed by atoms with E-state index >= 15 is 0 Å². The van der Waals surface area contributed by atoms with Crippen molar-refractivity contribution in [2.45, 2.75) is 26.0 Å². The van der Waals surface area contributed by atoms with Gasteiger partial charge in [0, 0.05) is 18.4 Å². The SMILES string of the molecule is C=CCCn1cccc1C(C)O. The van der Waals surface area contributed by atoms with Crippen LogP contribution in [-0.4, -0.2) is 9.67 Å². The molecule has 1 unspecified atom stereocenters. The number of aryl methyl sites for hydroxylation is 1. The molecule has 12 heavy (non-hydrogen) atoms. The molecule has 1 N–H and O–H groups in total. The normalized spacial score (nSPS) is 12.8. The summed E-state index contributed by atoms with van der Waals surface area (Å²) in [4.78, 5) is 0. The minimum atomic E-state index is -0.384. The molecule has 2 nitrogen and oxygen atoms in total. The summed E-state index contributed by atoms with van der Waals surface area (Å²) in [6.07, 6.45) is 4.41. The standard InChI is InChI=1S/C10H15NO/c1-3-4-7-11-8-5-6-10(11)9(2)12/h3,5-6,8-9,12H,1,4,7H2,2H3. The molecule has 0 radical (unpaired) electrons. The fraction of sp³-hybridized carbons (Fsp3) is 0.400. The zero-order valence-electron chi connectivity index (χ0n) is 7.40. The van der Waals surface area contributed by atoms with Crippen LogP contribution in [-0.2, 0) is 6.54 Å². The molecule has 0 aromatic carbocycles. The molecule has 0 aliphatic rings. The number of aliphatic hydroxyl groups excluding tert-OH is 1. The molecule has 0 aliphatic heterocycles. The molecule has 1 heterocycles. The smallest absolute Gasteiger partial charge is 0.0911 e. The van der Waals surface area contributed by atoms with E-state index in [1.807, 2.05) is 29.0 Å². The van der Waals surface area contributed by atoms with E-state index in [2.05, 4.69) is 6.58 Å². The van der Waals surface area contributed by atoms with E-state index < -0.39 is 0 Å². The van der Waals surface area contributed by atoms with E-state index in [1.54, 1.807) is 6.92 Å². The van der Waals surface area contributed by atoms with Crippen LogP contribution < -0.4 is 0 Å². The van der Waals surface area contributed by atoms with Gasteiger partial charge in [0.25, 0.3) is 0 Å². The second-order valence-electron chi connectivity index (χ2n) is 2.88. The molecule has 0 aliphatic carbocycles. The van der Waals surface area contributed by atoms with Gasteiger partial charge in [0.05, 0.1) is 6.10 Å². The van der Waals surface area contributed by atoms with Crippen LogP contribution in [0.25, 0.3) is 0 Å². The van der Waals surface area contributed by atoms with Gasteiger partial charge in [0.2, 0.25) is 0 Å². The first-order valence-corrected chi connectivity index (χ1v) is 4.19. The fourth-order valence-electron chi connectivity index (χ4n) is 1.24. The first kappa shape index (κ1) is 9.07. The molecule has 66 valence electrons. The van der Waals surface area contributed by atoms with Crippen LogP contribution in [0.5, 0.6) is 0 Å². The Morgan fingerprint density at radius 2 is 2.50 bits per heavy atom. The predicted octanol–water partition coefficient (Wildman–Crippen LogP) is 2.12. The van der Waals surface area contributed by atoms with Crippen molar-refractivity contribution in [2.24, 2.45) is 0 Å². The number of allylic oxidation sites excluding steroid dienone is 1. The van der Waals surface area contributed by atoms with Crippen molar-refractivity contribution in [3.8, 4) is 0 Å². The van der Waals surface area contributed by atoms with Gasteiger partial charge in [0.1, 0.15) is 0 Å². The van der Waals surface area contributed by atoms with Crippen LogP contribution in [0.15, 0.2) is 31.0 Å². The Morgan fingerprint density at radius 3 is 3.08 bits per heavy atom. The van der Waals surface area contributed by atoms with Crippen molar-refractivity contribution in [3.63, 3.8) is 0 Å². The molecule has 0 bridgehead atoms. The number of aromatic nitrogens is 1. The van der Waals surface area contributed by atoms with Gasteiger partial charge >= 0.3 is 0 Å². The van der Waals surface area contributed by atoms with E-state index in [9.17, 15) is 5.11 Å². The third kappa shape index (κ3) is 1.98. The Kier molecular flexibility index (Phi) is 3.11. The first-order valence-electron chi connectivity index (χ1n) is 4.19. The lowest BCUT2D eigenvalue weighted by molar-refractivity contribution is 0.189.